The van der Waals surface area contributed by atoms with Crippen LogP contribution in [0.25, 0.3) is 0 Å². The predicted molar refractivity (Wildman–Crippen MR) is 125 cm³/mol. The Balaban J connectivity index is 1.58. The van der Waals surface area contributed by atoms with Crippen molar-refractivity contribution in [3.05, 3.63) is 52.3 Å². The Hall–Kier alpha value is -2.83. The van der Waals surface area contributed by atoms with Crippen LogP contribution in [0, 0.1) is 13.8 Å². The van der Waals surface area contributed by atoms with Gasteiger partial charge in [-0.1, -0.05) is 24.3 Å². The van der Waals surface area contributed by atoms with Crippen molar-refractivity contribution in [1.82, 2.24) is 25.3 Å². The molecule has 0 saturated carbocycles. The number of aromatic nitrogens is 2. The minimum absolute atomic E-state index is 0.00306. The normalized spacial score (nSPS) is 16.0. The molecule has 1 unspecified atom stereocenters. The number of amides is 1. The maximum atomic E-state index is 12.0. The summed E-state index contributed by atoms with van der Waals surface area (Å²) in [6.07, 6.45) is 5.06. The molecule has 1 atom stereocenters. The zero-order valence-electron chi connectivity index (χ0n) is 19.5. The first kappa shape index (κ1) is 22.8. The Morgan fingerprint density at radius 3 is 2.68 bits per heavy atom. The van der Waals surface area contributed by atoms with Crippen LogP contribution in [0.3, 0.4) is 0 Å². The average Bonchev–Trinajstić information content (AvgIpc) is 2.99. The molecule has 3 rings (SSSR count). The van der Waals surface area contributed by atoms with Crippen LogP contribution in [-0.4, -0.2) is 59.8 Å². The number of benzene rings is 1. The van der Waals surface area contributed by atoms with E-state index in [1.165, 1.54) is 22.4 Å². The van der Waals surface area contributed by atoms with Gasteiger partial charge in [0.1, 0.15) is 6.54 Å². The summed E-state index contributed by atoms with van der Waals surface area (Å²) in [6.45, 7) is 5.12. The summed E-state index contributed by atoms with van der Waals surface area (Å²) in [7, 11) is 5.51. The standard InChI is InChI=1S/C24H36N6O/c1-17-22(18(2)30(5)28-17)11-8-14-25-24(26-16-23(31)29(3)4)27-21-13-12-19-9-6-7-10-20(19)15-21/h6-7,9-10,21H,8,11-16H2,1-5H3,(H2,25,26,27). The number of nitrogens with one attached hydrogen (secondary N) is 2. The molecule has 1 aromatic carbocycles. The molecule has 0 fully saturated rings. The van der Waals surface area contributed by atoms with Gasteiger partial charge in [0.15, 0.2) is 5.96 Å². The molecule has 1 amide bonds. The molecular weight excluding hydrogens is 388 g/mol. The third-order valence-corrected chi connectivity index (χ3v) is 6.11. The Labute approximate surface area is 185 Å². The maximum absolute atomic E-state index is 12.0. The summed E-state index contributed by atoms with van der Waals surface area (Å²) in [5.74, 6) is 0.718. The predicted octanol–water partition coefficient (Wildman–Crippen LogP) is 2.15. The van der Waals surface area contributed by atoms with Crippen molar-refractivity contribution in [1.29, 1.82) is 0 Å². The summed E-state index contributed by atoms with van der Waals surface area (Å²) < 4.78 is 1.94. The van der Waals surface area contributed by atoms with Crippen molar-refractivity contribution >= 4 is 11.9 Å². The number of likely N-dealkylation sites (N-methyl/N-ethyl adjacent to an activating group) is 1. The highest BCUT2D eigenvalue weighted by Gasteiger charge is 2.19. The number of carbonyl (C=O) groups excluding carboxylic acids is 1. The third kappa shape index (κ3) is 6.09. The summed E-state index contributed by atoms with van der Waals surface area (Å²) in [5.41, 5.74) is 6.49. The van der Waals surface area contributed by atoms with Crippen LogP contribution in [0.15, 0.2) is 29.3 Å². The van der Waals surface area contributed by atoms with Gasteiger partial charge in [-0.15, -0.1) is 0 Å². The van der Waals surface area contributed by atoms with Gasteiger partial charge in [0.2, 0.25) is 5.91 Å². The van der Waals surface area contributed by atoms with Crippen molar-refractivity contribution in [3.8, 4) is 0 Å². The molecule has 168 valence electrons. The van der Waals surface area contributed by atoms with E-state index in [2.05, 4.69) is 58.8 Å². The van der Waals surface area contributed by atoms with Crippen LogP contribution < -0.4 is 10.6 Å². The van der Waals surface area contributed by atoms with Crippen molar-refractivity contribution < 1.29 is 4.79 Å². The van der Waals surface area contributed by atoms with Gasteiger partial charge in [-0.25, -0.2) is 4.99 Å². The first-order valence-electron chi connectivity index (χ1n) is 11.2. The summed E-state index contributed by atoms with van der Waals surface area (Å²) in [6, 6.07) is 8.96. The molecule has 1 aliphatic rings. The van der Waals surface area contributed by atoms with Crippen LogP contribution in [0.4, 0.5) is 0 Å². The lowest BCUT2D eigenvalue weighted by Gasteiger charge is -2.27. The fraction of sp³-hybridized carbons (Fsp3) is 0.542. The summed E-state index contributed by atoms with van der Waals surface area (Å²) in [4.78, 5) is 18.2. The topological polar surface area (TPSA) is 74.5 Å². The molecule has 31 heavy (non-hydrogen) atoms. The quantitative estimate of drug-likeness (QED) is 0.406. The molecule has 0 aliphatic heterocycles. The SMILES string of the molecule is Cc1nn(C)c(C)c1CCCNC(=NCC(=O)N(C)C)NC1CCc2ccccc2C1. The van der Waals surface area contributed by atoms with Gasteiger partial charge >= 0.3 is 0 Å². The van der Waals surface area contributed by atoms with Gasteiger partial charge in [-0.05, 0) is 62.6 Å². The van der Waals surface area contributed by atoms with Crippen molar-refractivity contribution in [2.75, 3.05) is 27.2 Å². The number of carbonyl (C=O) groups is 1. The van der Waals surface area contributed by atoms with Crippen molar-refractivity contribution in [2.24, 2.45) is 12.0 Å². The summed E-state index contributed by atoms with van der Waals surface area (Å²) in [5, 5.41) is 11.5. The fourth-order valence-corrected chi connectivity index (χ4v) is 4.11. The molecule has 1 aromatic heterocycles. The van der Waals surface area contributed by atoms with Gasteiger partial charge in [-0.3, -0.25) is 9.48 Å². The van der Waals surface area contributed by atoms with Crippen LogP contribution in [0.1, 0.15) is 40.9 Å². The van der Waals surface area contributed by atoms with Gasteiger partial charge < -0.3 is 15.5 Å². The molecule has 0 saturated heterocycles. The Morgan fingerprint density at radius 1 is 1.26 bits per heavy atom. The van der Waals surface area contributed by atoms with E-state index >= 15 is 0 Å². The van der Waals surface area contributed by atoms with Gasteiger partial charge in [-0.2, -0.15) is 5.10 Å². The lowest BCUT2D eigenvalue weighted by Crippen LogP contribution is -2.46. The second-order valence-corrected chi connectivity index (χ2v) is 8.61. The highest BCUT2D eigenvalue weighted by molar-refractivity contribution is 5.85. The molecule has 2 N–H and O–H groups in total. The molecule has 7 nitrogen and oxygen atoms in total. The van der Waals surface area contributed by atoms with E-state index in [1.807, 2.05) is 11.7 Å². The first-order valence-corrected chi connectivity index (χ1v) is 11.2. The molecular formula is C24H36N6O. The smallest absolute Gasteiger partial charge is 0.243 e. The van der Waals surface area contributed by atoms with Crippen molar-refractivity contribution in [3.63, 3.8) is 0 Å². The Kier molecular flexibility index (Phi) is 7.71. The molecule has 0 spiro atoms. The molecule has 0 radical (unpaired) electrons. The average molecular weight is 425 g/mol. The van der Waals surface area contributed by atoms with E-state index in [0.29, 0.717) is 6.04 Å². The van der Waals surface area contributed by atoms with Gasteiger partial charge in [0.25, 0.3) is 0 Å². The highest BCUT2D eigenvalue weighted by atomic mass is 16.2. The molecule has 1 heterocycles. The lowest BCUT2D eigenvalue weighted by molar-refractivity contribution is -0.127. The molecule has 1 aliphatic carbocycles. The Morgan fingerprint density at radius 2 is 2.00 bits per heavy atom. The number of aryl methyl sites for hydroxylation is 3. The highest BCUT2D eigenvalue weighted by Crippen LogP contribution is 2.21. The minimum atomic E-state index is -0.00306. The minimum Gasteiger partial charge on any atom is -0.356 e. The zero-order valence-corrected chi connectivity index (χ0v) is 19.5. The first-order chi connectivity index (χ1) is 14.8. The number of fused-ring (bicyclic) bond motifs is 1. The van der Waals surface area contributed by atoms with Gasteiger partial charge in [0.05, 0.1) is 5.69 Å². The van der Waals surface area contributed by atoms with E-state index < -0.39 is 0 Å². The summed E-state index contributed by atoms with van der Waals surface area (Å²) >= 11 is 0. The van der Waals surface area contributed by atoms with Crippen LogP contribution in [-0.2, 0) is 31.1 Å². The van der Waals surface area contributed by atoms with Crippen LogP contribution in [0.5, 0.6) is 0 Å². The van der Waals surface area contributed by atoms with Gasteiger partial charge in [0, 0.05) is 39.4 Å². The number of rotatable bonds is 7. The lowest BCUT2D eigenvalue weighted by atomic mass is 9.88. The second kappa shape index (κ2) is 10.5. The van der Waals surface area contributed by atoms with E-state index in [9.17, 15) is 4.79 Å². The van der Waals surface area contributed by atoms with Crippen molar-refractivity contribution in [2.45, 2.75) is 52.0 Å². The number of hydrogen-bond acceptors (Lipinski definition) is 3. The zero-order chi connectivity index (χ0) is 22.4. The number of nitrogens with zero attached hydrogens (tertiary/aromatic N) is 4. The molecule has 2 aromatic rings. The maximum Gasteiger partial charge on any atom is 0.243 e. The molecule has 7 heteroatoms. The molecule has 0 bridgehead atoms. The van der Waals surface area contributed by atoms with E-state index in [-0.39, 0.29) is 12.5 Å². The van der Waals surface area contributed by atoms with E-state index in [4.69, 9.17) is 0 Å². The van der Waals surface area contributed by atoms with E-state index in [1.54, 1.807) is 19.0 Å². The largest absolute Gasteiger partial charge is 0.356 e. The fourth-order valence-electron chi connectivity index (χ4n) is 4.11. The number of guanidine groups is 1. The third-order valence-electron chi connectivity index (χ3n) is 6.11. The number of hydrogen-bond donors (Lipinski definition) is 2. The second-order valence-electron chi connectivity index (χ2n) is 8.61. The van der Waals surface area contributed by atoms with E-state index in [0.717, 1.165) is 50.3 Å². The monoisotopic (exact) mass is 424 g/mol. The van der Waals surface area contributed by atoms with Crippen LogP contribution in [0.2, 0.25) is 0 Å². The number of aliphatic imine (C=N–C) groups is 1. The Bertz CT molecular complexity index is 930. The van der Waals surface area contributed by atoms with Crippen LogP contribution >= 0.6 is 0 Å².